The van der Waals surface area contributed by atoms with Crippen LogP contribution in [-0.2, 0) is 11.2 Å². The second-order valence-corrected chi connectivity index (χ2v) is 8.04. The first-order valence-corrected chi connectivity index (χ1v) is 10.2. The highest BCUT2D eigenvalue weighted by atomic mass is 19.2. The molecule has 0 bridgehead atoms. The first-order chi connectivity index (χ1) is 14.0. The van der Waals surface area contributed by atoms with Crippen molar-refractivity contribution in [2.75, 3.05) is 33.3 Å². The third kappa shape index (κ3) is 4.27. The van der Waals surface area contributed by atoms with E-state index >= 15 is 0 Å². The highest BCUT2D eigenvalue weighted by molar-refractivity contribution is 5.70. The molecule has 2 aromatic rings. The van der Waals surface area contributed by atoms with Gasteiger partial charge in [0.15, 0.2) is 11.6 Å². The molecular weight excluding hydrogens is 374 g/mol. The van der Waals surface area contributed by atoms with Gasteiger partial charge in [-0.25, -0.2) is 13.6 Å². The second-order valence-electron chi connectivity index (χ2n) is 8.04. The molecule has 0 spiro atoms. The molecule has 1 amide bonds. The van der Waals surface area contributed by atoms with Gasteiger partial charge >= 0.3 is 6.09 Å². The minimum Gasteiger partial charge on any atom is -0.449 e. The third-order valence-corrected chi connectivity index (χ3v) is 6.06. The minimum atomic E-state index is -0.912. The molecule has 0 aromatic heterocycles. The maximum atomic E-state index is 13.9. The second kappa shape index (κ2) is 8.49. The van der Waals surface area contributed by atoms with Crippen LogP contribution in [0.1, 0.15) is 35.6 Å². The highest BCUT2D eigenvalue weighted by Gasteiger charge is 2.33. The number of likely N-dealkylation sites (tertiary alicyclic amines) is 1. The van der Waals surface area contributed by atoms with Crippen LogP contribution < -0.4 is 0 Å². The standard InChI is InChI=1S/C23H26F2N2O2/c1-26-11-8-16(9-12-26)15-29-23(28)27-13-10-17-4-2-3-5-19(17)22(27)18-6-7-20(24)21(25)14-18/h2-7,14,16,22H,8-13,15H2,1H3. The number of halogens is 2. The van der Waals surface area contributed by atoms with Crippen LogP contribution in [0.4, 0.5) is 13.6 Å². The Balaban J connectivity index is 1.56. The summed E-state index contributed by atoms with van der Waals surface area (Å²) in [5.74, 6) is -1.44. The van der Waals surface area contributed by atoms with Crippen molar-refractivity contribution in [1.82, 2.24) is 9.80 Å². The van der Waals surface area contributed by atoms with E-state index in [2.05, 4.69) is 11.9 Å². The summed E-state index contributed by atoms with van der Waals surface area (Å²) in [4.78, 5) is 16.9. The molecule has 1 fully saturated rings. The van der Waals surface area contributed by atoms with Gasteiger partial charge in [-0.2, -0.15) is 0 Å². The zero-order valence-corrected chi connectivity index (χ0v) is 16.6. The molecule has 1 atom stereocenters. The van der Waals surface area contributed by atoms with Gasteiger partial charge in [-0.1, -0.05) is 30.3 Å². The summed E-state index contributed by atoms with van der Waals surface area (Å²) in [6.07, 6.45) is 2.34. The van der Waals surface area contributed by atoms with E-state index in [1.54, 1.807) is 11.0 Å². The van der Waals surface area contributed by atoms with Gasteiger partial charge in [0.1, 0.15) is 0 Å². The highest BCUT2D eigenvalue weighted by Crippen LogP contribution is 2.36. The fraction of sp³-hybridized carbons (Fsp3) is 0.435. The molecule has 1 saturated heterocycles. The predicted molar refractivity (Wildman–Crippen MR) is 107 cm³/mol. The Hall–Kier alpha value is -2.47. The Kier molecular flexibility index (Phi) is 5.81. The van der Waals surface area contributed by atoms with Crippen molar-refractivity contribution in [2.45, 2.75) is 25.3 Å². The smallest absolute Gasteiger partial charge is 0.410 e. The molecule has 6 heteroatoms. The van der Waals surface area contributed by atoms with Crippen LogP contribution in [0, 0.1) is 17.6 Å². The summed E-state index contributed by atoms with van der Waals surface area (Å²) in [5.41, 5.74) is 2.59. The first kappa shape index (κ1) is 19.8. The monoisotopic (exact) mass is 400 g/mol. The van der Waals surface area contributed by atoms with Gasteiger partial charge in [0.2, 0.25) is 0 Å². The van der Waals surface area contributed by atoms with E-state index in [-0.39, 0.29) is 0 Å². The zero-order valence-electron chi connectivity index (χ0n) is 16.6. The van der Waals surface area contributed by atoms with Gasteiger partial charge in [0.25, 0.3) is 0 Å². The van der Waals surface area contributed by atoms with Gasteiger partial charge in [-0.15, -0.1) is 0 Å². The lowest BCUT2D eigenvalue weighted by Gasteiger charge is -2.37. The molecule has 29 heavy (non-hydrogen) atoms. The number of carbonyl (C=O) groups excluding carboxylic acids is 1. The number of carbonyl (C=O) groups is 1. The molecule has 0 aliphatic carbocycles. The Bertz CT molecular complexity index is 881. The van der Waals surface area contributed by atoms with Crippen molar-refractivity contribution in [3.8, 4) is 0 Å². The molecule has 4 rings (SSSR count). The lowest BCUT2D eigenvalue weighted by atomic mass is 9.88. The summed E-state index contributed by atoms with van der Waals surface area (Å²) >= 11 is 0. The average molecular weight is 400 g/mol. The van der Waals surface area contributed by atoms with E-state index in [1.165, 1.54) is 6.07 Å². The van der Waals surface area contributed by atoms with E-state index in [4.69, 9.17) is 4.74 Å². The van der Waals surface area contributed by atoms with Gasteiger partial charge in [-0.05, 0) is 74.1 Å². The van der Waals surface area contributed by atoms with Crippen LogP contribution in [0.3, 0.4) is 0 Å². The summed E-state index contributed by atoms with van der Waals surface area (Å²) in [5, 5.41) is 0. The number of piperidine rings is 1. The number of fused-ring (bicyclic) bond motifs is 1. The largest absolute Gasteiger partial charge is 0.449 e. The third-order valence-electron chi connectivity index (χ3n) is 6.06. The normalized spacial score (nSPS) is 20.4. The van der Waals surface area contributed by atoms with Crippen LogP contribution in [0.25, 0.3) is 0 Å². The summed E-state index contributed by atoms with van der Waals surface area (Å²) < 4.78 is 33.1. The number of ether oxygens (including phenoxy) is 1. The van der Waals surface area contributed by atoms with Gasteiger partial charge in [-0.3, -0.25) is 4.90 Å². The van der Waals surface area contributed by atoms with Crippen LogP contribution in [0.15, 0.2) is 42.5 Å². The van der Waals surface area contributed by atoms with Crippen molar-refractivity contribution in [1.29, 1.82) is 0 Å². The number of benzene rings is 2. The van der Waals surface area contributed by atoms with Crippen molar-refractivity contribution in [3.05, 3.63) is 70.8 Å². The number of rotatable bonds is 3. The predicted octanol–water partition coefficient (Wildman–Crippen LogP) is 4.39. The summed E-state index contributed by atoms with van der Waals surface area (Å²) in [7, 11) is 2.10. The van der Waals surface area contributed by atoms with Crippen LogP contribution >= 0.6 is 0 Å². The molecule has 0 N–H and O–H groups in total. The minimum absolute atomic E-state index is 0.369. The Morgan fingerprint density at radius 1 is 1.07 bits per heavy atom. The van der Waals surface area contributed by atoms with Crippen molar-refractivity contribution < 1.29 is 18.3 Å². The molecule has 2 heterocycles. The summed E-state index contributed by atoms with van der Waals surface area (Å²) in [6.45, 7) is 2.90. The summed E-state index contributed by atoms with van der Waals surface area (Å²) in [6, 6.07) is 11.2. The maximum absolute atomic E-state index is 13.9. The van der Waals surface area contributed by atoms with E-state index in [1.807, 2.05) is 24.3 Å². The molecule has 1 unspecified atom stereocenters. The van der Waals surface area contributed by atoms with Gasteiger partial charge in [0.05, 0.1) is 12.6 Å². The van der Waals surface area contributed by atoms with Gasteiger partial charge in [0, 0.05) is 6.54 Å². The molecule has 2 aromatic carbocycles. The number of hydrogen-bond acceptors (Lipinski definition) is 3. The molecular formula is C23H26F2N2O2. The first-order valence-electron chi connectivity index (χ1n) is 10.2. The van der Waals surface area contributed by atoms with Crippen LogP contribution in [0.2, 0.25) is 0 Å². The van der Waals surface area contributed by atoms with Crippen LogP contribution in [0.5, 0.6) is 0 Å². The zero-order chi connectivity index (χ0) is 20.4. The molecule has 4 nitrogen and oxygen atoms in total. The fourth-order valence-electron chi connectivity index (χ4n) is 4.31. The molecule has 154 valence electrons. The van der Waals surface area contributed by atoms with Crippen LogP contribution in [-0.4, -0.2) is 49.2 Å². The van der Waals surface area contributed by atoms with E-state index in [0.717, 1.165) is 43.1 Å². The quantitative estimate of drug-likeness (QED) is 0.766. The Labute approximate surface area is 170 Å². The average Bonchev–Trinajstić information content (AvgIpc) is 2.74. The fourth-order valence-corrected chi connectivity index (χ4v) is 4.31. The molecule has 2 aliphatic heterocycles. The molecule has 0 radical (unpaired) electrons. The van der Waals surface area contributed by atoms with Crippen molar-refractivity contribution in [3.63, 3.8) is 0 Å². The number of nitrogens with zero attached hydrogens (tertiary/aromatic N) is 2. The maximum Gasteiger partial charge on any atom is 0.410 e. The van der Waals surface area contributed by atoms with Crippen molar-refractivity contribution >= 4 is 6.09 Å². The van der Waals surface area contributed by atoms with Crippen molar-refractivity contribution in [2.24, 2.45) is 5.92 Å². The molecule has 2 aliphatic rings. The van der Waals surface area contributed by atoms with E-state index in [9.17, 15) is 13.6 Å². The lowest BCUT2D eigenvalue weighted by Crippen LogP contribution is -2.42. The molecule has 0 saturated carbocycles. The SMILES string of the molecule is CN1CCC(COC(=O)N2CCc3ccccc3C2c2ccc(F)c(F)c2)CC1. The number of amides is 1. The number of hydrogen-bond donors (Lipinski definition) is 0. The van der Waals surface area contributed by atoms with E-state index < -0.39 is 23.8 Å². The van der Waals surface area contributed by atoms with E-state index in [0.29, 0.717) is 31.1 Å². The Morgan fingerprint density at radius 3 is 2.59 bits per heavy atom. The van der Waals surface area contributed by atoms with Gasteiger partial charge < -0.3 is 9.64 Å². The Morgan fingerprint density at radius 2 is 1.83 bits per heavy atom. The topological polar surface area (TPSA) is 32.8 Å². The lowest BCUT2D eigenvalue weighted by molar-refractivity contribution is 0.0638.